The van der Waals surface area contributed by atoms with Crippen LogP contribution in [0, 0.1) is 5.92 Å². The van der Waals surface area contributed by atoms with Crippen molar-refractivity contribution in [2.24, 2.45) is 11.7 Å². The molecule has 21 heavy (non-hydrogen) atoms. The van der Waals surface area contributed by atoms with Crippen LogP contribution in [0.2, 0.25) is 5.02 Å². The molecular weight excluding hydrogens is 286 g/mol. The first-order chi connectivity index (χ1) is 9.90. The Morgan fingerprint density at radius 2 is 1.95 bits per heavy atom. The lowest BCUT2D eigenvalue weighted by atomic mass is 9.95. The number of nitrogens with zero attached hydrogens (tertiary/aromatic N) is 1. The van der Waals surface area contributed by atoms with Crippen molar-refractivity contribution in [1.29, 1.82) is 0 Å². The zero-order valence-corrected chi connectivity index (χ0v) is 14.0. The minimum Gasteiger partial charge on any atom is -0.359 e. The molecule has 0 aliphatic carbocycles. The van der Waals surface area contributed by atoms with Crippen LogP contribution < -0.4 is 11.1 Å². The highest BCUT2D eigenvalue weighted by atomic mass is 35.5. The Morgan fingerprint density at radius 1 is 1.38 bits per heavy atom. The number of nitrogens with one attached hydrogen (secondary N) is 1. The van der Waals surface area contributed by atoms with E-state index in [9.17, 15) is 4.79 Å². The minimum atomic E-state index is -0.0844. The average Bonchev–Trinajstić information content (AvgIpc) is 2.48. The van der Waals surface area contributed by atoms with Crippen LogP contribution in [0.1, 0.15) is 31.9 Å². The van der Waals surface area contributed by atoms with Crippen LogP contribution >= 0.6 is 11.6 Å². The average molecular weight is 312 g/mol. The van der Waals surface area contributed by atoms with Crippen molar-refractivity contribution >= 4 is 17.5 Å². The van der Waals surface area contributed by atoms with E-state index in [1.54, 1.807) is 7.05 Å². The van der Waals surface area contributed by atoms with Gasteiger partial charge in [0, 0.05) is 36.6 Å². The van der Waals surface area contributed by atoms with Crippen LogP contribution in [0.4, 0.5) is 0 Å². The Hall–Kier alpha value is -1.10. The van der Waals surface area contributed by atoms with Crippen LogP contribution in [0.15, 0.2) is 24.3 Å². The Bertz CT molecular complexity index is 449. The molecule has 3 N–H and O–H groups in total. The Morgan fingerprint density at radius 3 is 2.43 bits per heavy atom. The first-order valence-corrected chi connectivity index (χ1v) is 7.71. The van der Waals surface area contributed by atoms with Gasteiger partial charge in [0.25, 0.3) is 0 Å². The predicted octanol–water partition coefficient (Wildman–Crippen LogP) is 2.43. The zero-order chi connectivity index (χ0) is 16.0. The molecule has 1 amide bonds. The van der Waals surface area contributed by atoms with Crippen molar-refractivity contribution in [3.8, 4) is 0 Å². The Kier molecular flexibility index (Phi) is 7.15. The van der Waals surface area contributed by atoms with Gasteiger partial charge in [-0.05, 0) is 31.2 Å². The second-order valence-electron chi connectivity index (χ2n) is 5.52. The van der Waals surface area contributed by atoms with Crippen LogP contribution in [0.25, 0.3) is 0 Å². The molecule has 0 heterocycles. The normalized spacial score (nSPS) is 15.6. The SMILES string of the molecule is CCC(N)C(c1ccc(Cl)cc1)N(C)CC(C)C(=O)NC. The molecule has 1 aromatic rings. The van der Waals surface area contributed by atoms with Gasteiger partial charge in [0.1, 0.15) is 0 Å². The number of hydrogen-bond donors (Lipinski definition) is 2. The molecule has 118 valence electrons. The fraction of sp³-hybridized carbons (Fsp3) is 0.562. The van der Waals surface area contributed by atoms with E-state index < -0.39 is 0 Å². The van der Waals surface area contributed by atoms with Gasteiger partial charge in [-0.15, -0.1) is 0 Å². The number of carbonyl (C=O) groups excluding carboxylic acids is 1. The summed E-state index contributed by atoms with van der Waals surface area (Å²) < 4.78 is 0. The van der Waals surface area contributed by atoms with Gasteiger partial charge in [-0.1, -0.05) is 37.6 Å². The molecule has 0 spiro atoms. The highest BCUT2D eigenvalue weighted by molar-refractivity contribution is 6.30. The fourth-order valence-corrected chi connectivity index (χ4v) is 2.71. The molecule has 0 saturated carbocycles. The molecule has 3 atom stereocenters. The molecular formula is C16H26ClN3O. The van der Waals surface area contributed by atoms with Crippen LogP contribution in [-0.2, 0) is 4.79 Å². The van der Waals surface area contributed by atoms with Crippen molar-refractivity contribution in [2.75, 3.05) is 20.6 Å². The number of benzene rings is 1. The number of halogens is 1. The van der Waals surface area contributed by atoms with Crippen LogP contribution in [-0.4, -0.2) is 37.5 Å². The summed E-state index contributed by atoms with van der Waals surface area (Å²) in [6.07, 6.45) is 0.867. The van der Waals surface area contributed by atoms with E-state index in [1.807, 2.05) is 38.2 Å². The molecule has 1 aromatic carbocycles. The van der Waals surface area contributed by atoms with Gasteiger partial charge in [-0.25, -0.2) is 0 Å². The lowest BCUT2D eigenvalue weighted by molar-refractivity contribution is -0.124. The van der Waals surface area contributed by atoms with Gasteiger partial charge >= 0.3 is 0 Å². The molecule has 3 unspecified atom stereocenters. The molecule has 0 aliphatic heterocycles. The van der Waals surface area contributed by atoms with E-state index in [2.05, 4.69) is 17.1 Å². The monoisotopic (exact) mass is 311 g/mol. The first-order valence-electron chi connectivity index (χ1n) is 7.33. The Labute approximate surface area is 132 Å². The molecule has 0 aromatic heterocycles. The van der Waals surface area contributed by atoms with Gasteiger partial charge in [-0.3, -0.25) is 9.69 Å². The highest BCUT2D eigenvalue weighted by Crippen LogP contribution is 2.26. The fourth-order valence-electron chi connectivity index (χ4n) is 2.59. The van der Waals surface area contributed by atoms with E-state index >= 15 is 0 Å². The summed E-state index contributed by atoms with van der Waals surface area (Å²) in [7, 11) is 3.67. The number of rotatable bonds is 7. The van der Waals surface area contributed by atoms with E-state index in [1.165, 1.54) is 0 Å². The van der Waals surface area contributed by atoms with Crippen molar-refractivity contribution in [1.82, 2.24) is 10.2 Å². The van der Waals surface area contributed by atoms with E-state index in [4.69, 9.17) is 17.3 Å². The van der Waals surface area contributed by atoms with E-state index in [0.717, 1.165) is 12.0 Å². The zero-order valence-electron chi connectivity index (χ0n) is 13.3. The number of nitrogens with two attached hydrogens (primary N) is 1. The number of amides is 1. The summed E-state index contributed by atoms with van der Waals surface area (Å²) in [5.74, 6) is -0.0411. The summed E-state index contributed by atoms with van der Waals surface area (Å²) >= 11 is 5.96. The van der Waals surface area contributed by atoms with Crippen molar-refractivity contribution in [3.63, 3.8) is 0 Å². The number of hydrogen-bond acceptors (Lipinski definition) is 3. The van der Waals surface area contributed by atoms with Gasteiger partial charge in [-0.2, -0.15) is 0 Å². The second-order valence-corrected chi connectivity index (χ2v) is 5.96. The van der Waals surface area contributed by atoms with Gasteiger partial charge in [0.05, 0.1) is 0 Å². The van der Waals surface area contributed by atoms with Gasteiger partial charge in [0.15, 0.2) is 0 Å². The molecule has 1 rings (SSSR count). The number of likely N-dealkylation sites (N-methyl/N-ethyl adjacent to an activating group) is 1. The minimum absolute atomic E-state index is 0.00747. The van der Waals surface area contributed by atoms with Crippen molar-refractivity contribution in [2.45, 2.75) is 32.4 Å². The topological polar surface area (TPSA) is 58.4 Å². The maximum atomic E-state index is 11.7. The summed E-state index contributed by atoms with van der Waals surface area (Å²) in [6, 6.07) is 7.84. The molecule has 0 fully saturated rings. The molecule has 0 bridgehead atoms. The third kappa shape index (κ3) is 4.99. The standard InChI is InChI=1S/C16H26ClN3O/c1-5-14(18)15(12-6-8-13(17)9-7-12)20(4)10-11(2)16(21)19-3/h6-9,11,14-15H,5,10,18H2,1-4H3,(H,19,21). The smallest absolute Gasteiger partial charge is 0.223 e. The highest BCUT2D eigenvalue weighted by Gasteiger charge is 2.25. The molecule has 0 radical (unpaired) electrons. The van der Waals surface area contributed by atoms with Crippen LogP contribution in [0.3, 0.4) is 0 Å². The third-order valence-electron chi connectivity index (χ3n) is 3.82. The summed E-state index contributed by atoms with van der Waals surface area (Å²) in [5, 5.41) is 3.40. The Balaban J connectivity index is 2.92. The maximum absolute atomic E-state index is 11.7. The van der Waals surface area contributed by atoms with Crippen LogP contribution in [0.5, 0.6) is 0 Å². The molecule has 0 aliphatic rings. The third-order valence-corrected chi connectivity index (χ3v) is 4.07. The molecule has 4 nitrogen and oxygen atoms in total. The molecule has 5 heteroatoms. The van der Waals surface area contributed by atoms with E-state index in [-0.39, 0.29) is 23.9 Å². The largest absolute Gasteiger partial charge is 0.359 e. The van der Waals surface area contributed by atoms with Gasteiger partial charge in [0.2, 0.25) is 5.91 Å². The van der Waals surface area contributed by atoms with Gasteiger partial charge < -0.3 is 11.1 Å². The lowest BCUT2D eigenvalue weighted by Gasteiger charge is -2.34. The summed E-state index contributed by atoms with van der Waals surface area (Å²) in [4.78, 5) is 13.9. The summed E-state index contributed by atoms with van der Waals surface area (Å²) in [6.45, 7) is 4.65. The second kappa shape index (κ2) is 8.37. The van der Waals surface area contributed by atoms with Crippen molar-refractivity contribution in [3.05, 3.63) is 34.9 Å². The maximum Gasteiger partial charge on any atom is 0.223 e. The first kappa shape index (κ1) is 18.0. The lowest BCUT2D eigenvalue weighted by Crippen LogP contribution is -2.42. The molecule has 0 saturated heterocycles. The van der Waals surface area contributed by atoms with Crippen molar-refractivity contribution < 1.29 is 4.79 Å². The number of carbonyl (C=O) groups is 1. The quantitative estimate of drug-likeness (QED) is 0.813. The van der Waals surface area contributed by atoms with E-state index in [0.29, 0.717) is 11.6 Å². The predicted molar refractivity (Wildman–Crippen MR) is 88.3 cm³/mol. The summed E-state index contributed by atoms with van der Waals surface area (Å²) in [5.41, 5.74) is 7.42.